The molecule has 0 aromatic rings. The minimum atomic E-state index is -3.15. The molecular weight excluding hydrogens is 229 g/mol. The van der Waals surface area contributed by atoms with Crippen LogP contribution in [-0.4, -0.2) is 30.0 Å². The van der Waals surface area contributed by atoms with Crippen molar-refractivity contribution in [3.05, 3.63) is 17.5 Å². The molecule has 1 aliphatic heterocycles. The van der Waals surface area contributed by atoms with Crippen molar-refractivity contribution in [1.29, 1.82) is 0 Å². The highest BCUT2D eigenvalue weighted by Crippen LogP contribution is 2.52. The molecule has 6 heteroatoms. The molecule has 0 aliphatic carbocycles. The Labute approximate surface area is 96.5 Å². The van der Waals surface area contributed by atoms with E-state index in [2.05, 4.69) is 0 Å². The van der Waals surface area contributed by atoms with Gasteiger partial charge in [0.15, 0.2) is 0 Å². The van der Waals surface area contributed by atoms with Gasteiger partial charge in [0.25, 0.3) is 0 Å². The molecule has 1 heterocycles. The Kier molecular flexibility index (Phi) is 4.56. The first kappa shape index (κ1) is 13.7. The SMILES string of the molecule is CCOP(=O)(CC1(C)CC=CN1[O-])OCC. The molecule has 0 saturated carbocycles. The van der Waals surface area contributed by atoms with E-state index in [9.17, 15) is 9.77 Å². The molecule has 0 aromatic heterocycles. The quantitative estimate of drug-likeness (QED) is 0.676. The maximum atomic E-state index is 12.3. The Balaban J connectivity index is 2.72. The van der Waals surface area contributed by atoms with E-state index in [-0.39, 0.29) is 6.16 Å². The minimum Gasteiger partial charge on any atom is -0.758 e. The summed E-state index contributed by atoms with van der Waals surface area (Å²) in [5.74, 6) is 0. The first-order chi connectivity index (χ1) is 7.46. The number of hydrogen-bond acceptors (Lipinski definition) is 5. The van der Waals surface area contributed by atoms with Crippen LogP contribution < -0.4 is 0 Å². The van der Waals surface area contributed by atoms with Crippen LogP contribution in [0.25, 0.3) is 0 Å². The minimum absolute atomic E-state index is 0.123. The molecule has 0 spiro atoms. The third kappa shape index (κ3) is 3.08. The highest BCUT2D eigenvalue weighted by atomic mass is 31.2. The molecule has 1 atom stereocenters. The summed E-state index contributed by atoms with van der Waals surface area (Å²) in [5, 5.41) is 12.4. The normalized spacial score (nSPS) is 25.4. The zero-order valence-corrected chi connectivity index (χ0v) is 10.9. The van der Waals surface area contributed by atoms with Crippen molar-refractivity contribution in [3.8, 4) is 0 Å². The summed E-state index contributed by atoms with van der Waals surface area (Å²) in [6, 6.07) is 0. The van der Waals surface area contributed by atoms with Crippen molar-refractivity contribution in [2.75, 3.05) is 19.4 Å². The summed E-state index contributed by atoms with van der Waals surface area (Å²) < 4.78 is 22.7. The third-order valence-electron chi connectivity index (χ3n) is 2.52. The van der Waals surface area contributed by atoms with Gasteiger partial charge in [-0.2, -0.15) is 0 Å². The van der Waals surface area contributed by atoms with Crippen LogP contribution in [0.5, 0.6) is 0 Å². The van der Waals surface area contributed by atoms with Crippen LogP contribution in [-0.2, 0) is 13.6 Å². The molecule has 16 heavy (non-hydrogen) atoms. The Hall–Kier alpha value is -0.350. The van der Waals surface area contributed by atoms with E-state index >= 15 is 0 Å². The first-order valence-corrected chi connectivity index (χ1v) is 7.20. The van der Waals surface area contributed by atoms with Crippen LogP contribution >= 0.6 is 7.60 Å². The Morgan fingerprint density at radius 2 is 2.00 bits per heavy atom. The molecule has 5 nitrogen and oxygen atoms in total. The van der Waals surface area contributed by atoms with Gasteiger partial charge in [0.05, 0.1) is 19.4 Å². The Bertz CT molecular complexity index is 297. The number of hydroxylamine groups is 2. The largest absolute Gasteiger partial charge is 0.758 e. The molecule has 94 valence electrons. The zero-order valence-electron chi connectivity index (χ0n) is 10.0. The van der Waals surface area contributed by atoms with Crippen molar-refractivity contribution in [1.82, 2.24) is 5.06 Å². The van der Waals surface area contributed by atoms with Gasteiger partial charge in [-0.1, -0.05) is 6.08 Å². The number of hydrogen-bond donors (Lipinski definition) is 0. The van der Waals surface area contributed by atoms with E-state index < -0.39 is 13.1 Å². The Morgan fingerprint density at radius 3 is 2.38 bits per heavy atom. The molecule has 0 aromatic carbocycles. The van der Waals surface area contributed by atoms with Crippen LogP contribution in [0.4, 0.5) is 0 Å². The fraction of sp³-hybridized carbons (Fsp3) is 0.800. The summed E-state index contributed by atoms with van der Waals surface area (Å²) >= 11 is 0. The number of rotatable bonds is 6. The van der Waals surface area contributed by atoms with Crippen molar-refractivity contribution < 1.29 is 13.6 Å². The van der Waals surface area contributed by atoms with Gasteiger partial charge >= 0.3 is 7.60 Å². The predicted octanol–water partition coefficient (Wildman–Crippen LogP) is 2.73. The molecule has 0 amide bonds. The van der Waals surface area contributed by atoms with Crippen LogP contribution in [0.15, 0.2) is 12.3 Å². The molecule has 1 unspecified atom stereocenters. The van der Waals surface area contributed by atoms with E-state index in [1.165, 1.54) is 6.20 Å². The van der Waals surface area contributed by atoms with E-state index in [1.54, 1.807) is 26.8 Å². The first-order valence-electron chi connectivity index (χ1n) is 5.47. The molecular formula is C10H19NO4P-. The highest BCUT2D eigenvalue weighted by Gasteiger charge is 2.38. The second-order valence-corrected chi connectivity index (χ2v) is 6.07. The van der Waals surface area contributed by atoms with Crippen LogP contribution in [0, 0.1) is 5.21 Å². The van der Waals surface area contributed by atoms with Crippen molar-refractivity contribution in [3.63, 3.8) is 0 Å². The highest BCUT2D eigenvalue weighted by molar-refractivity contribution is 7.53. The summed E-state index contributed by atoms with van der Waals surface area (Å²) in [4.78, 5) is 0. The lowest BCUT2D eigenvalue weighted by Gasteiger charge is -2.42. The molecule has 1 aliphatic rings. The predicted molar refractivity (Wildman–Crippen MR) is 63.1 cm³/mol. The molecule has 0 bridgehead atoms. The maximum absolute atomic E-state index is 12.3. The van der Waals surface area contributed by atoms with Crippen LogP contribution in [0.1, 0.15) is 27.2 Å². The third-order valence-corrected chi connectivity index (χ3v) is 4.89. The topological polar surface area (TPSA) is 61.8 Å². The average molecular weight is 248 g/mol. The standard InChI is InChI=1S/C10H19NO4P/c1-4-14-16(13,15-5-2)9-10(3)7-6-8-11(10)12/h6,8H,4-5,7,9H2,1-3H3/q-1. The van der Waals surface area contributed by atoms with Gasteiger partial charge in [-0.25, -0.2) is 0 Å². The van der Waals surface area contributed by atoms with Crippen molar-refractivity contribution in [2.45, 2.75) is 32.7 Å². The second kappa shape index (κ2) is 5.32. The van der Waals surface area contributed by atoms with E-state index in [0.717, 1.165) is 5.06 Å². The zero-order chi connectivity index (χ0) is 12.2. The van der Waals surface area contributed by atoms with Gasteiger partial charge < -0.3 is 19.3 Å². The maximum Gasteiger partial charge on any atom is 0.332 e. The lowest BCUT2D eigenvalue weighted by Crippen LogP contribution is -2.39. The molecule has 0 radical (unpaired) electrons. The van der Waals surface area contributed by atoms with E-state index in [4.69, 9.17) is 9.05 Å². The van der Waals surface area contributed by atoms with E-state index in [1.807, 2.05) is 0 Å². The monoisotopic (exact) mass is 248 g/mol. The van der Waals surface area contributed by atoms with Gasteiger partial charge in [-0.05, 0) is 33.4 Å². The molecule has 1 rings (SSSR count). The lowest BCUT2D eigenvalue weighted by molar-refractivity contribution is 0.197. The fourth-order valence-electron chi connectivity index (χ4n) is 1.75. The summed E-state index contributed by atoms with van der Waals surface area (Å²) in [6.45, 7) is 5.93. The molecule has 0 N–H and O–H groups in total. The average Bonchev–Trinajstić information content (AvgIpc) is 2.46. The lowest BCUT2D eigenvalue weighted by atomic mass is 10.0. The molecule has 0 saturated heterocycles. The number of nitrogens with zero attached hydrogens (tertiary/aromatic N) is 1. The fourth-order valence-corrected chi connectivity index (χ4v) is 3.89. The smallest absolute Gasteiger partial charge is 0.332 e. The van der Waals surface area contributed by atoms with Gasteiger partial charge in [0, 0.05) is 5.54 Å². The molecule has 0 fully saturated rings. The van der Waals surface area contributed by atoms with Gasteiger partial charge in [-0.15, -0.1) is 0 Å². The van der Waals surface area contributed by atoms with Gasteiger partial charge in [0.2, 0.25) is 0 Å². The van der Waals surface area contributed by atoms with E-state index in [0.29, 0.717) is 19.6 Å². The van der Waals surface area contributed by atoms with Crippen LogP contribution in [0.3, 0.4) is 0 Å². The van der Waals surface area contributed by atoms with Crippen molar-refractivity contribution in [2.24, 2.45) is 0 Å². The summed E-state index contributed by atoms with van der Waals surface area (Å²) in [6.07, 6.45) is 3.93. The Morgan fingerprint density at radius 1 is 1.44 bits per heavy atom. The summed E-state index contributed by atoms with van der Waals surface area (Å²) in [7, 11) is -3.15. The van der Waals surface area contributed by atoms with Crippen molar-refractivity contribution >= 4 is 7.60 Å². The second-order valence-electron chi connectivity index (χ2n) is 4.02. The summed E-state index contributed by atoms with van der Waals surface area (Å²) in [5.41, 5.74) is -0.708. The van der Waals surface area contributed by atoms with Gasteiger partial charge in [-0.3, -0.25) is 4.57 Å². The van der Waals surface area contributed by atoms with Crippen LogP contribution in [0.2, 0.25) is 0 Å². The van der Waals surface area contributed by atoms with Gasteiger partial charge in [0.1, 0.15) is 0 Å².